The van der Waals surface area contributed by atoms with E-state index in [0.717, 1.165) is 39.3 Å². The zero-order chi connectivity index (χ0) is 15.4. The number of piperazine rings is 1. The molecular weight excluding hydrogens is 268 g/mol. The Morgan fingerprint density at radius 2 is 1.57 bits per heavy atom. The Bertz CT molecular complexity index is 372. The molecule has 0 bridgehead atoms. The third-order valence-corrected chi connectivity index (χ3v) is 4.57. The third kappa shape index (κ3) is 4.17. The zero-order valence-corrected chi connectivity index (χ0v) is 13.5. The maximum Gasteiger partial charge on any atom is 0.239 e. The maximum absolute atomic E-state index is 12.3. The monoisotopic (exact) mass is 296 g/mol. The Hall–Kier alpha value is -1.14. The number of hydrogen-bond donors (Lipinski definition) is 0. The lowest BCUT2D eigenvalue weighted by Crippen LogP contribution is -2.55. The van der Waals surface area contributed by atoms with Gasteiger partial charge in [0.2, 0.25) is 11.8 Å². The highest BCUT2D eigenvalue weighted by molar-refractivity contribution is 5.81. The molecule has 0 saturated carbocycles. The molecule has 0 aromatic carbocycles. The average molecular weight is 296 g/mol. The minimum Gasteiger partial charge on any atom is -0.347 e. The normalized spacial score (nSPS) is 22.3. The topological polar surface area (TPSA) is 47.1 Å². The molecule has 2 heterocycles. The van der Waals surface area contributed by atoms with E-state index in [1.165, 1.54) is 12.8 Å². The van der Waals surface area contributed by atoms with Crippen molar-refractivity contribution in [2.75, 3.05) is 59.9 Å². The predicted octanol–water partition coefficient (Wildman–Crippen LogP) is -0.297. The van der Waals surface area contributed by atoms with Gasteiger partial charge in [-0.15, -0.1) is 0 Å². The van der Waals surface area contributed by atoms with Crippen molar-refractivity contribution < 1.29 is 9.59 Å². The first kappa shape index (κ1) is 16.2. The molecule has 2 rings (SSSR count). The van der Waals surface area contributed by atoms with E-state index in [0.29, 0.717) is 6.54 Å². The summed E-state index contributed by atoms with van der Waals surface area (Å²) < 4.78 is 0. The number of amides is 2. The molecule has 0 radical (unpaired) electrons. The van der Waals surface area contributed by atoms with Crippen molar-refractivity contribution in [2.24, 2.45) is 0 Å². The van der Waals surface area contributed by atoms with Crippen LogP contribution in [-0.4, -0.2) is 97.4 Å². The van der Waals surface area contributed by atoms with Crippen LogP contribution in [0.15, 0.2) is 0 Å². The Balaban J connectivity index is 1.77. The van der Waals surface area contributed by atoms with Crippen LogP contribution in [0.2, 0.25) is 0 Å². The molecule has 0 unspecified atom stereocenters. The van der Waals surface area contributed by atoms with E-state index in [2.05, 4.69) is 9.80 Å². The zero-order valence-electron chi connectivity index (χ0n) is 13.5. The van der Waals surface area contributed by atoms with Crippen LogP contribution in [0.25, 0.3) is 0 Å². The van der Waals surface area contributed by atoms with E-state index < -0.39 is 0 Å². The van der Waals surface area contributed by atoms with Crippen LogP contribution in [0.3, 0.4) is 0 Å². The van der Waals surface area contributed by atoms with Crippen molar-refractivity contribution in [1.82, 2.24) is 19.6 Å². The highest BCUT2D eigenvalue weighted by Crippen LogP contribution is 2.11. The lowest BCUT2D eigenvalue weighted by atomic mass is 10.2. The van der Waals surface area contributed by atoms with Gasteiger partial charge in [-0.05, 0) is 32.9 Å². The second-order valence-corrected chi connectivity index (χ2v) is 6.31. The molecule has 6 heteroatoms. The molecule has 2 aliphatic heterocycles. The molecule has 120 valence electrons. The largest absolute Gasteiger partial charge is 0.347 e. The minimum atomic E-state index is -0.101. The molecule has 2 fully saturated rings. The third-order valence-electron chi connectivity index (χ3n) is 4.57. The second kappa shape index (κ2) is 7.22. The van der Waals surface area contributed by atoms with Gasteiger partial charge in [0.1, 0.15) is 0 Å². The molecular formula is C15H28N4O2. The minimum absolute atomic E-state index is 0.101. The predicted molar refractivity (Wildman–Crippen MR) is 82.0 cm³/mol. The van der Waals surface area contributed by atoms with Gasteiger partial charge in [0.05, 0.1) is 12.6 Å². The standard InChI is InChI=1S/C15H28N4O2/c1-13(15(21)16(2)3)18-8-10-19(11-9-18)14(20)12-17-6-4-5-7-17/h13H,4-12H2,1-3H3/t13-/m0/s1. The summed E-state index contributed by atoms with van der Waals surface area (Å²) in [4.78, 5) is 32.2. The molecule has 6 nitrogen and oxygen atoms in total. The van der Waals surface area contributed by atoms with Gasteiger partial charge in [-0.25, -0.2) is 0 Å². The maximum atomic E-state index is 12.3. The number of carbonyl (C=O) groups is 2. The fraction of sp³-hybridized carbons (Fsp3) is 0.867. The van der Waals surface area contributed by atoms with Gasteiger partial charge in [0, 0.05) is 40.3 Å². The first-order valence-corrected chi connectivity index (χ1v) is 7.94. The van der Waals surface area contributed by atoms with Crippen LogP contribution < -0.4 is 0 Å². The number of likely N-dealkylation sites (tertiary alicyclic amines) is 1. The van der Waals surface area contributed by atoms with Crippen LogP contribution in [0, 0.1) is 0 Å². The molecule has 21 heavy (non-hydrogen) atoms. The fourth-order valence-electron chi connectivity index (χ4n) is 3.12. The SMILES string of the molecule is C[C@@H](C(=O)N(C)C)N1CCN(C(=O)CN2CCCC2)CC1. The first-order chi connectivity index (χ1) is 9.99. The van der Waals surface area contributed by atoms with Gasteiger partial charge >= 0.3 is 0 Å². The van der Waals surface area contributed by atoms with Crippen LogP contribution in [0.1, 0.15) is 19.8 Å². The summed E-state index contributed by atoms with van der Waals surface area (Å²) in [5.41, 5.74) is 0. The van der Waals surface area contributed by atoms with Crippen molar-refractivity contribution in [1.29, 1.82) is 0 Å². The quantitative estimate of drug-likeness (QED) is 0.715. The van der Waals surface area contributed by atoms with Gasteiger partial charge in [-0.1, -0.05) is 0 Å². The summed E-state index contributed by atoms with van der Waals surface area (Å²) in [5.74, 6) is 0.370. The number of carbonyl (C=O) groups excluding carboxylic acids is 2. The lowest BCUT2D eigenvalue weighted by Gasteiger charge is -2.38. The number of likely N-dealkylation sites (N-methyl/N-ethyl adjacent to an activating group) is 1. The number of nitrogens with zero attached hydrogens (tertiary/aromatic N) is 4. The van der Waals surface area contributed by atoms with Gasteiger partial charge in [0.25, 0.3) is 0 Å². The summed E-state index contributed by atoms with van der Waals surface area (Å²) in [6.45, 7) is 7.66. The van der Waals surface area contributed by atoms with Crippen molar-refractivity contribution in [3.8, 4) is 0 Å². The molecule has 2 amide bonds. The van der Waals surface area contributed by atoms with Crippen molar-refractivity contribution >= 4 is 11.8 Å². The van der Waals surface area contributed by atoms with Crippen molar-refractivity contribution in [2.45, 2.75) is 25.8 Å². The molecule has 2 saturated heterocycles. The summed E-state index contributed by atoms with van der Waals surface area (Å²) in [5, 5.41) is 0. The van der Waals surface area contributed by atoms with Gasteiger partial charge in [0.15, 0.2) is 0 Å². The first-order valence-electron chi connectivity index (χ1n) is 7.94. The van der Waals surface area contributed by atoms with Crippen LogP contribution in [0.5, 0.6) is 0 Å². The van der Waals surface area contributed by atoms with Gasteiger partial charge in [-0.2, -0.15) is 0 Å². The number of rotatable bonds is 4. The molecule has 0 aromatic rings. The van der Waals surface area contributed by atoms with E-state index in [-0.39, 0.29) is 17.9 Å². The van der Waals surface area contributed by atoms with E-state index in [9.17, 15) is 9.59 Å². The molecule has 0 aliphatic carbocycles. The van der Waals surface area contributed by atoms with Crippen LogP contribution in [0.4, 0.5) is 0 Å². The molecule has 2 aliphatic rings. The summed E-state index contributed by atoms with van der Waals surface area (Å²) >= 11 is 0. The van der Waals surface area contributed by atoms with Crippen LogP contribution in [-0.2, 0) is 9.59 Å². The molecule has 0 N–H and O–H groups in total. The summed E-state index contributed by atoms with van der Waals surface area (Å²) in [6.07, 6.45) is 2.43. The number of hydrogen-bond acceptors (Lipinski definition) is 4. The highest BCUT2D eigenvalue weighted by atomic mass is 16.2. The fourth-order valence-corrected chi connectivity index (χ4v) is 3.12. The summed E-state index contributed by atoms with van der Waals surface area (Å²) in [6, 6.07) is -0.101. The highest BCUT2D eigenvalue weighted by Gasteiger charge is 2.28. The average Bonchev–Trinajstić information content (AvgIpc) is 2.98. The van der Waals surface area contributed by atoms with E-state index >= 15 is 0 Å². The Morgan fingerprint density at radius 1 is 1.00 bits per heavy atom. The molecule has 0 spiro atoms. The van der Waals surface area contributed by atoms with Gasteiger partial charge < -0.3 is 9.80 Å². The lowest BCUT2D eigenvalue weighted by molar-refractivity contribution is -0.137. The van der Waals surface area contributed by atoms with E-state index in [1.54, 1.807) is 19.0 Å². The van der Waals surface area contributed by atoms with Gasteiger partial charge in [-0.3, -0.25) is 19.4 Å². The Kier molecular flexibility index (Phi) is 5.58. The van der Waals surface area contributed by atoms with Crippen LogP contribution >= 0.6 is 0 Å². The smallest absolute Gasteiger partial charge is 0.239 e. The second-order valence-electron chi connectivity index (χ2n) is 6.31. The molecule has 0 aromatic heterocycles. The molecule has 1 atom stereocenters. The summed E-state index contributed by atoms with van der Waals surface area (Å²) in [7, 11) is 3.57. The van der Waals surface area contributed by atoms with Crippen molar-refractivity contribution in [3.63, 3.8) is 0 Å². The Morgan fingerprint density at radius 3 is 2.10 bits per heavy atom. The van der Waals surface area contributed by atoms with E-state index in [1.807, 2.05) is 11.8 Å². The van der Waals surface area contributed by atoms with E-state index in [4.69, 9.17) is 0 Å². The van der Waals surface area contributed by atoms with Crippen molar-refractivity contribution in [3.05, 3.63) is 0 Å². The Labute approximate surface area is 127 Å².